The minimum Gasteiger partial charge on any atom is -0.421 e. The second kappa shape index (κ2) is 6.99. The number of aromatic nitrogens is 5. The number of H-pyrrole nitrogens is 1. The molecule has 4 heterocycles. The maximum Gasteiger partial charge on any atom is 0.326 e. The molecule has 1 saturated heterocycles. The quantitative estimate of drug-likeness (QED) is 0.448. The highest BCUT2D eigenvalue weighted by atomic mass is 19.1. The highest BCUT2D eigenvalue weighted by molar-refractivity contribution is 6.14. The van der Waals surface area contributed by atoms with Gasteiger partial charge in [-0.1, -0.05) is 0 Å². The van der Waals surface area contributed by atoms with Gasteiger partial charge in [0, 0.05) is 31.1 Å². The Balaban J connectivity index is 1.55. The maximum atomic E-state index is 14.4. The number of nitrogens with two attached hydrogens (primary N) is 1. The molecule has 2 aliphatic rings. The number of nitrogens with one attached hydrogen (secondary N) is 2. The Morgan fingerprint density at radius 2 is 2.03 bits per heavy atom. The summed E-state index contributed by atoms with van der Waals surface area (Å²) in [5.74, 6) is 1.93. The van der Waals surface area contributed by atoms with Gasteiger partial charge in [-0.25, -0.2) is 14.4 Å². The van der Waals surface area contributed by atoms with Crippen LogP contribution in [0.5, 0.6) is 11.8 Å². The molecule has 164 valence electrons. The summed E-state index contributed by atoms with van der Waals surface area (Å²) in [6, 6.07) is 3.68. The number of aryl methyl sites for hydroxylation is 1. The average Bonchev–Trinajstić information content (AvgIpc) is 3.46. The van der Waals surface area contributed by atoms with Gasteiger partial charge in [-0.2, -0.15) is 9.97 Å². The Morgan fingerprint density at radius 1 is 1.22 bits per heavy atom. The van der Waals surface area contributed by atoms with Crippen LogP contribution in [0.25, 0.3) is 21.9 Å². The summed E-state index contributed by atoms with van der Waals surface area (Å²) in [4.78, 5) is 23.3. The van der Waals surface area contributed by atoms with E-state index < -0.39 is 0 Å². The van der Waals surface area contributed by atoms with Crippen molar-refractivity contribution in [3.8, 4) is 11.8 Å². The highest BCUT2D eigenvalue weighted by Gasteiger charge is 2.44. The fraction of sp³-hybridized carbons (Fsp3) is 0.364. The van der Waals surface area contributed by atoms with Crippen LogP contribution in [0.1, 0.15) is 18.7 Å². The minimum atomic E-state index is -0.323. The molecule has 0 spiro atoms. The second-order valence-corrected chi connectivity index (χ2v) is 8.57. The lowest BCUT2D eigenvalue weighted by molar-refractivity contribution is 0.435. The van der Waals surface area contributed by atoms with E-state index in [1.54, 1.807) is 26.4 Å². The fourth-order valence-corrected chi connectivity index (χ4v) is 5.07. The Kier molecular flexibility index (Phi) is 4.19. The molecule has 1 aromatic carbocycles. The first-order valence-corrected chi connectivity index (χ1v) is 10.7. The molecule has 2 fully saturated rings. The highest BCUT2D eigenvalue weighted by Crippen LogP contribution is 2.44. The predicted molar refractivity (Wildman–Crippen MR) is 120 cm³/mol. The number of fused-ring (bicyclic) bond motifs is 5. The van der Waals surface area contributed by atoms with Gasteiger partial charge in [0.05, 0.1) is 29.0 Å². The first-order chi connectivity index (χ1) is 15.5. The van der Waals surface area contributed by atoms with E-state index in [4.69, 9.17) is 15.5 Å². The molecule has 6 rings (SSSR count). The smallest absolute Gasteiger partial charge is 0.326 e. The summed E-state index contributed by atoms with van der Waals surface area (Å²) in [5, 5.41) is 4.57. The number of hydrogen-bond acceptors (Lipinski definition) is 8. The third-order valence-corrected chi connectivity index (χ3v) is 6.59. The lowest BCUT2D eigenvalue weighted by Gasteiger charge is -2.31. The van der Waals surface area contributed by atoms with E-state index in [1.165, 1.54) is 12.1 Å². The summed E-state index contributed by atoms with van der Waals surface area (Å²) >= 11 is 0. The van der Waals surface area contributed by atoms with E-state index in [2.05, 4.69) is 30.2 Å². The lowest BCUT2D eigenvalue weighted by Crippen LogP contribution is -2.41. The van der Waals surface area contributed by atoms with E-state index in [-0.39, 0.29) is 17.9 Å². The Bertz CT molecular complexity index is 1340. The predicted octanol–water partition coefficient (Wildman–Crippen LogP) is 3.11. The van der Waals surface area contributed by atoms with Gasteiger partial charge >= 0.3 is 6.01 Å². The van der Waals surface area contributed by atoms with Crippen LogP contribution in [-0.2, 0) is 0 Å². The number of hydrogen-bond donors (Lipinski definition) is 3. The van der Waals surface area contributed by atoms with Crippen LogP contribution in [0.3, 0.4) is 0 Å². The van der Waals surface area contributed by atoms with Crippen molar-refractivity contribution >= 4 is 33.4 Å². The number of rotatable bonds is 4. The van der Waals surface area contributed by atoms with Crippen LogP contribution in [0.15, 0.2) is 24.5 Å². The summed E-state index contributed by atoms with van der Waals surface area (Å²) < 4.78 is 20.3. The van der Waals surface area contributed by atoms with Crippen molar-refractivity contribution in [2.45, 2.75) is 31.8 Å². The molecular formula is C22H23FN8O. The monoisotopic (exact) mass is 434 g/mol. The molecule has 32 heavy (non-hydrogen) atoms. The molecule has 2 bridgehead atoms. The molecule has 1 aliphatic heterocycles. The zero-order chi connectivity index (χ0) is 22.0. The molecule has 4 aromatic rings. The van der Waals surface area contributed by atoms with Gasteiger partial charge in [-0.05, 0) is 37.8 Å². The molecule has 9 nitrogen and oxygen atoms in total. The van der Waals surface area contributed by atoms with Crippen molar-refractivity contribution in [2.75, 3.05) is 23.8 Å². The summed E-state index contributed by atoms with van der Waals surface area (Å²) in [7, 11) is 1.76. The van der Waals surface area contributed by atoms with Crippen LogP contribution < -0.4 is 20.7 Å². The third kappa shape index (κ3) is 2.94. The van der Waals surface area contributed by atoms with E-state index in [1.807, 2.05) is 0 Å². The van der Waals surface area contributed by atoms with E-state index in [0.29, 0.717) is 34.9 Å². The topological polar surface area (TPSA) is 118 Å². The number of ether oxygens (including phenoxy) is 1. The number of benzene rings is 1. The molecule has 1 aliphatic carbocycles. The molecule has 4 N–H and O–H groups in total. The average molecular weight is 434 g/mol. The summed E-state index contributed by atoms with van der Waals surface area (Å²) in [6.07, 6.45) is 5.13. The van der Waals surface area contributed by atoms with Crippen LogP contribution >= 0.6 is 0 Å². The van der Waals surface area contributed by atoms with E-state index >= 15 is 0 Å². The van der Waals surface area contributed by atoms with Gasteiger partial charge in [0.1, 0.15) is 23.1 Å². The number of halogens is 1. The molecular weight excluding hydrogens is 411 g/mol. The van der Waals surface area contributed by atoms with Gasteiger partial charge in [-0.15, -0.1) is 0 Å². The fourth-order valence-electron chi connectivity index (χ4n) is 5.07. The first-order valence-electron chi connectivity index (χ1n) is 10.7. The molecule has 0 amide bonds. The largest absolute Gasteiger partial charge is 0.421 e. The van der Waals surface area contributed by atoms with Crippen molar-refractivity contribution in [3.63, 3.8) is 0 Å². The zero-order valence-electron chi connectivity index (χ0n) is 17.8. The molecule has 3 atom stereocenters. The SMILES string of the molecule is CNc1cc(F)cc2c1[nH]c1nc(Oc3cnc(C)nc3)nc(N3C[C@H]4C[C@@H]3C[C@H]4N)c12. The molecule has 10 heteroatoms. The van der Waals surface area contributed by atoms with E-state index in [9.17, 15) is 4.39 Å². The van der Waals surface area contributed by atoms with Crippen LogP contribution in [-0.4, -0.2) is 50.6 Å². The maximum absolute atomic E-state index is 14.4. The third-order valence-electron chi connectivity index (χ3n) is 6.59. The van der Waals surface area contributed by atoms with Gasteiger partial charge in [0.25, 0.3) is 0 Å². The van der Waals surface area contributed by atoms with Crippen molar-refractivity contribution in [2.24, 2.45) is 11.7 Å². The number of piperidine rings is 1. The van der Waals surface area contributed by atoms with Gasteiger partial charge in [0.2, 0.25) is 0 Å². The number of anilines is 2. The van der Waals surface area contributed by atoms with Crippen molar-refractivity contribution in [3.05, 3.63) is 36.2 Å². The van der Waals surface area contributed by atoms with Crippen LogP contribution in [0.2, 0.25) is 0 Å². The molecule has 0 radical (unpaired) electrons. The second-order valence-electron chi connectivity index (χ2n) is 8.57. The molecule has 1 saturated carbocycles. The number of aromatic amines is 1. The summed E-state index contributed by atoms with van der Waals surface area (Å²) in [6.45, 7) is 2.62. The Morgan fingerprint density at radius 3 is 2.72 bits per heavy atom. The number of nitrogens with zero attached hydrogens (tertiary/aromatic N) is 5. The zero-order valence-corrected chi connectivity index (χ0v) is 17.8. The summed E-state index contributed by atoms with van der Waals surface area (Å²) in [5.41, 5.74) is 8.30. The van der Waals surface area contributed by atoms with Gasteiger partial charge < -0.3 is 25.7 Å². The van der Waals surface area contributed by atoms with Crippen molar-refractivity contribution < 1.29 is 9.13 Å². The van der Waals surface area contributed by atoms with Crippen molar-refractivity contribution in [1.29, 1.82) is 0 Å². The lowest BCUT2D eigenvalue weighted by atomic mass is 10.0. The van der Waals surface area contributed by atoms with Crippen molar-refractivity contribution in [1.82, 2.24) is 24.9 Å². The van der Waals surface area contributed by atoms with Gasteiger partial charge in [-0.3, -0.25) is 0 Å². The van der Waals surface area contributed by atoms with Crippen LogP contribution in [0, 0.1) is 18.7 Å². The minimum absolute atomic E-state index is 0.185. The normalized spacial score (nSPS) is 22.2. The van der Waals surface area contributed by atoms with E-state index in [0.717, 1.165) is 41.5 Å². The molecule has 3 aromatic heterocycles. The van der Waals surface area contributed by atoms with Gasteiger partial charge in [0.15, 0.2) is 5.75 Å². The first kappa shape index (κ1) is 19.2. The Hall–Kier alpha value is -3.53. The Labute approximate surface area is 183 Å². The van der Waals surface area contributed by atoms with Crippen LogP contribution in [0.4, 0.5) is 15.9 Å². The standard InChI is InChI=1S/C22H23FN8O/c1-10-26-7-14(8-27-10)32-22-29-20-18(15-4-12(23)5-17(25-2)19(15)28-20)21(30-22)31-9-11-3-13(31)6-16(11)24/h4-5,7-8,11,13,16,25H,3,6,9,24H2,1-2H3,(H,28,29,30)/t11-,13-,16-/m1/s1. The molecule has 0 unspecified atom stereocenters.